The Labute approximate surface area is 159 Å². The summed E-state index contributed by atoms with van der Waals surface area (Å²) >= 11 is 3.20. The molecule has 3 heterocycles. The van der Waals surface area contributed by atoms with Gasteiger partial charge >= 0.3 is 0 Å². The standard InChI is InChI=1S/C19H19N3O2S2/c1-12-16(18(24)22(20(12)3)14-8-5-4-6-9-14)21-17(23)13(2)26-19(21)15-10-7-11-25-15/h4-11,13,19H,1-3H3/t13-,19-/m0/s1. The lowest BCUT2D eigenvalue weighted by molar-refractivity contribution is -0.117. The van der Waals surface area contributed by atoms with Gasteiger partial charge in [0.05, 0.1) is 16.6 Å². The zero-order valence-electron chi connectivity index (χ0n) is 14.7. The molecule has 4 rings (SSSR count). The molecule has 0 N–H and O–H groups in total. The number of nitrogens with zero attached hydrogens (tertiary/aromatic N) is 3. The number of anilines is 1. The molecule has 2 atom stereocenters. The van der Waals surface area contributed by atoms with E-state index in [0.29, 0.717) is 5.69 Å². The Morgan fingerprint density at radius 2 is 1.77 bits per heavy atom. The first kappa shape index (κ1) is 17.2. The molecule has 0 unspecified atom stereocenters. The van der Waals surface area contributed by atoms with Crippen molar-refractivity contribution in [2.75, 3.05) is 4.90 Å². The summed E-state index contributed by atoms with van der Waals surface area (Å²) in [4.78, 5) is 29.0. The Balaban J connectivity index is 1.90. The van der Waals surface area contributed by atoms with Crippen LogP contribution in [-0.2, 0) is 11.8 Å². The largest absolute Gasteiger partial charge is 0.295 e. The Kier molecular flexibility index (Phi) is 4.28. The topological polar surface area (TPSA) is 47.2 Å². The van der Waals surface area contributed by atoms with E-state index < -0.39 is 0 Å². The number of carbonyl (C=O) groups excluding carboxylic acids is 1. The number of rotatable bonds is 3. The zero-order valence-corrected chi connectivity index (χ0v) is 16.4. The second kappa shape index (κ2) is 6.48. The van der Waals surface area contributed by atoms with Gasteiger partial charge in [0.1, 0.15) is 11.1 Å². The predicted octanol–water partition coefficient (Wildman–Crippen LogP) is 3.71. The highest BCUT2D eigenvalue weighted by Crippen LogP contribution is 2.46. The second-order valence-corrected chi connectivity index (χ2v) is 8.67. The lowest BCUT2D eigenvalue weighted by Crippen LogP contribution is -2.34. The maximum Gasteiger partial charge on any atom is 0.295 e. The second-order valence-electron chi connectivity index (χ2n) is 6.26. The summed E-state index contributed by atoms with van der Waals surface area (Å²) in [6.45, 7) is 3.80. The third-order valence-corrected chi connectivity index (χ3v) is 7.11. The summed E-state index contributed by atoms with van der Waals surface area (Å²) < 4.78 is 3.44. The highest BCUT2D eigenvalue weighted by Gasteiger charge is 2.43. The molecule has 2 aromatic heterocycles. The van der Waals surface area contributed by atoms with Gasteiger partial charge in [-0.2, -0.15) is 0 Å². The van der Waals surface area contributed by atoms with Gasteiger partial charge in [0, 0.05) is 11.9 Å². The van der Waals surface area contributed by atoms with Gasteiger partial charge in [0.15, 0.2) is 0 Å². The van der Waals surface area contributed by atoms with Crippen molar-refractivity contribution in [1.29, 1.82) is 0 Å². The molecule has 0 saturated carbocycles. The highest BCUT2D eigenvalue weighted by atomic mass is 32.2. The Morgan fingerprint density at radius 1 is 1.04 bits per heavy atom. The fraction of sp³-hybridized carbons (Fsp3) is 0.263. The van der Waals surface area contributed by atoms with Crippen LogP contribution in [0.15, 0.2) is 52.6 Å². The minimum atomic E-state index is -0.175. The van der Waals surface area contributed by atoms with Crippen LogP contribution in [0.1, 0.15) is 22.9 Å². The molecule has 1 amide bonds. The van der Waals surface area contributed by atoms with Gasteiger partial charge in [0.25, 0.3) is 5.56 Å². The van der Waals surface area contributed by atoms with Gasteiger partial charge in [-0.25, -0.2) is 4.68 Å². The van der Waals surface area contributed by atoms with E-state index in [0.717, 1.165) is 16.3 Å². The smallest absolute Gasteiger partial charge is 0.287 e. The number of hydrogen-bond donors (Lipinski definition) is 0. The van der Waals surface area contributed by atoms with Crippen LogP contribution in [0.25, 0.3) is 5.69 Å². The van der Waals surface area contributed by atoms with Gasteiger partial charge in [0.2, 0.25) is 5.91 Å². The van der Waals surface area contributed by atoms with Gasteiger partial charge in [-0.15, -0.1) is 23.1 Å². The first-order chi connectivity index (χ1) is 12.5. The normalized spacial score (nSPS) is 20.1. The molecular weight excluding hydrogens is 366 g/mol. The molecule has 1 fully saturated rings. The molecule has 0 bridgehead atoms. The van der Waals surface area contributed by atoms with Crippen LogP contribution in [-0.4, -0.2) is 20.5 Å². The van der Waals surface area contributed by atoms with Crippen LogP contribution < -0.4 is 10.5 Å². The van der Waals surface area contributed by atoms with Crippen molar-refractivity contribution in [1.82, 2.24) is 9.36 Å². The van der Waals surface area contributed by atoms with Crippen LogP contribution in [0.5, 0.6) is 0 Å². The van der Waals surface area contributed by atoms with Gasteiger partial charge in [-0.3, -0.25) is 19.2 Å². The summed E-state index contributed by atoms with van der Waals surface area (Å²) in [6.07, 6.45) is 0. The van der Waals surface area contributed by atoms with E-state index in [1.807, 2.05) is 73.4 Å². The molecule has 0 aliphatic carbocycles. The molecule has 3 aromatic rings. The first-order valence-electron chi connectivity index (χ1n) is 8.36. The Morgan fingerprint density at radius 3 is 2.42 bits per heavy atom. The number of hydrogen-bond acceptors (Lipinski definition) is 4. The number of thiophene rings is 1. The van der Waals surface area contributed by atoms with E-state index in [1.54, 1.807) is 32.7 Å². The maximum absolute atomic E-state index is 13.3. The monoisotopic (exact) mass is 385 g/mol. The number of para-hydroxylation sites is 1. The minimum Gasteiger partial charge on any atom is -0.287 e. The third-order valence-electron chi connectivity index (χ3n) is 4.70. The van der Waals surface area contributed by atoms with Crippen LogP contribution >= 0.6 is 23.1 Å². The third kappa shape index (κ3) is 2.54. The van der Waals surface area contributed by atoms with Crippen molar-refractivity contribution in [2.45, 2.75) is 24.5 Å². The summed E-state index contributed by atoms with van der Waals surface area (Å²) in [5.41, 5.74) is 1.87. The number of benzene rings is 1. The summed E-state index contributed by atoms with van der Waals surface area (Å²) in [6, 6.07) is 13.5. The average molecular weight is 386 g/mol. The maximum atomic E-state index is 13.3. The van der Waals surface area contributed by atoms with Crippen LogP contribution in [0.3, 0.4) is 0 Å². The van der Waals surface area contributed by atoms with Gasteiger partial charge in [-0.05, 0) is 37.4 Å². The van der Waals surface area contributed by atoms with Crippen molar-refractivity contribution >= 4 is 34.7 Å². The quantitative estimate of drug-likeness (QED) is 0.690. The molecular formula is C19H19N3O2S2. The number of amides is 1. The van der Waals surface area contributed by atoms with Gasteiger partial charge in [-0.1, -0.05) is 24.3 Å². The van der Waals surface area contributed by atoms with Crippen molar-refractivity contribution in [3.8, 4) is 5.69 Å². The van der Waals surface area contributed by atoms with Gasteiger partial charge < -0.3 is 0 Å². The molecule has 5 nitrogen and oxygen atoms in total. The zero-order chi connectivity index (χ0) is 18.4. The Bertz CT molecular complexity index is 1010. The fourth-order valence-corrected chi connectivity index (χ4v) is 5.50. The number of aromatic nitrogens is 2. The average Bonchev–Trinajstić information content (AvgIpc) is 3.31. The van der Waals surface area contributed by atoms with E-state index >= 15 is 0 Å². The van der Waals surface area contributed by atoms with Crippen molar-refractivity contribution in [3.63, 3.8) is 0 Å². The minimum absolute atomic E-state index is 0.0144. The van der Waals surface area contributed by atoms with E-state index in [1.165, 1.54) is 0 Å². The Hall–Kier alpha value is -2.25. The van der Waals surface area contributed by atoms with Crippen LogP contribution in [0.2, 0.25) is 0 Å². The molecule has 134 valence electrons. The number of carbonyl (C=O) groups is 1. The SMILES string of the molecule is Cc1c(N2C(=O)[C@H](C)S[C@H]2c2cccs2)c(=O)n(-c2ccccc2)n1C. The molecule has 1 aliphatic rings. The molecule has 7 heteroatoms. The predicted molar refractivity (Wildman–Crippen MR) is 107 cm³/mol. The van der Waals surface area contributed by atoms with Crippen molar-refractivity contribution < 1.29 is 4.79 Å². The molecule has 1 aliphatic heterocycles. The highest BCUT2D eigenvalue weighted by molar-refractivity contribution is 8.01. The number of thioether (sulfide) groups is 1. The summed E-state index contributed by atoms with van der Waals surface area (Å²) in [5, 5.41) is 1.67. The van der Waals surface area contributed by atoms with Crippen LogP contribution in [0, 0.1) is 6.92 Å². The molecule has 1 aromatic carbocycles. The summed E-state index contributed by atoms with van der Waals surface area (Å²) in [7, 11) is 1.85. The molecule has 26 heavy (non-hydrogen) atoms. The molecule has 0 spiro atoms. The summed E-state index contributed by atoms with van der Waals surface area (Å²) in [5.74, 6) is -0.0144. The molecule has 1 saturated heterocycles. The van der Waals surface area contributed by atoms with E-state index in [-0.39, 0.29) is 22.1 Å². The molecule has 0 radical (unpaired) electrons. The van der Waals surface area contributed by atoms with Crippen molar-refractivity contribution in [3.05, 3.63) is 68.8 Å². The fourth-order valence-electron chi connectivity index (χ4n) is 3.31. The van der Waals surface area contributed by atoms with E-state index in [2.05, 4.69) is 0 Å². The lowest BCUT2D eigenvalue weighted by Gasteiger charge is -2.21. The van der Waals surface area contributed by atoms with E-state index in [9.17, 15) is 9.59 Å². The first-order valence-corrected chi connectivity index (χ1v) is 10.2. The van der Waals surface area contributed by atoms with Crippen LogP contribution in [0.4, 0.5) is 5.69 Å². The lowest BCUT2D eigenvalue weighted by atomic mass is 10.2. The van der Waals surface area contributed by atoms with E-state index in [4.69, 9.17) is 0 Å². The van der Waals surface area contributed by atoms with Crippen molar-refractivity contribution in [2.24, 2.45) is 7.05 Å².